The van der Waals surface area contributed by atoms with E-state index in [1.165, 1.54) is 27.8 Å². The van der Waals surface area contributed by atoms with Crippen molar-refractivity contribution in [1.82, 2.24) is 29.7 Å². The lowest BCUT2D eigenvalue weighted by Crippen LogP contribution is -2.36. The molecule has 53 heavy (non-hydrogen) atoms. The van der Waals surface area contributed by atoms with Gasteiger partial charge in [-0.3, -0.25) is 9.80 Å². The minimum absolute atomic E-state index is 0.0212. The van der Waals surface area contributed by atoms with Gasteiger partial charge in [-0.15, -0.1) is 0 Å². The number of ether oxygens (including phenoxy) is 2. The summed E-state index contributed by atoms with van der Waals surface area (Å²) in [5.41, 5.74) is 8.68. The molecule has 2 saturated heterocycles. The smallest absolute Gasteiger partial charge is 0.410 e. The Morgan fingerprint density at radius 1 is 0.660 bits per heavy atom. The van der Waals surface area contributed by atoms with Crippen molar-refractivity contribution in [1.29, 1.82) is 0 Å². The van der Waals surface area contributed by atoms with E-state index in [0.29, 0.717) is 13.1 Å². The van der Waals surface area contributed by atoms with Gasteiger partial charge in [-0.2, -0.15) is 0 Å². The summed E-state index contributed by atoms with van der Waals surface area (Å²) < 4.78 is 11.4. The Balaban J connectivity index is 1.09. The number of hydrogen-bond donors (Lipinski definition) is 2. The molecule has 0 spiro atoms. The zero-order valence-electron chi connectivity index (χ0n) is 31.4. The first-order chi connectivity index (χ1) is 25.3. The first-order valence-electron chi connectivity index (χ1n) is 18.8. The maximum absolute atomic E-state index is 13.0. The van der Waals surface area contributed by atoms with Crippen molar-refractivity contribution < 1.29 is 19.1 Å². The topological polar surface area (TPSA) is 116 Å². The lowest BCUT2D eigenvalue weighted by molar-refractivity contribution is 0.0208. The van der Waals surface area contributed by atoms with Crippen LogP contribution >= 0.6 is 0 Å². The molecule has 274 valence electrons. The lowest BCUT2D eigenvalue weighted by Gasteiger charge is -2.27. The average Bonchev–Trinajstić information content (AvgIpc) is 3.95. The van der Waals surface area contributed by atoms with Crippen molar-refractivity contribution >= 4 is 12.2 Å². The predicted molar refractivity (Wildman–Crippen MR) is 204 cm³/mol. The van der Waals surface area contributed by atoms with Crippen molar-refractivity contribution in [2.24, 2.45) is 0 Å². The van der Waals surface area contributed by atoms with E-state index >= 15 is 0 Å². The van der Waals surface area contributed by atoms with E-state index in [2.05, 4.69) is 76.7 Å². The molecule has 0 bridgehead atoms. The molecule has 10 nitrogen and oxygen atoms in total. The van der Waals surface area contributed by atoms with Gasteiger partial charge < -0.3 is 19.4 Å². The fourth-order valence-electron chi connectivity index (χ4n) is 8.08. The van der Waals surface area contributed by atoms with Crippen LogP contribution in [0.25, 0.3) is 33.6 Å². The van der Waals surface area contributed by atoms with Crippen LogP contribution in [0, 0.1) is 0 Å². The minimum atomic E-state index is -0.557. The van der Waals surface area contributed by atoms with Crippen molar-refractivity contribution in [3.8, 4) is 33.6 Å². The summed E-state index contributed by atoms with van der Waals surface area (Å²) in [7, 11) is 0. The average molecular weight is 713 g/mol. The highest BCUT2D eigenvalue weighted by Crippen LogP contribution is 2.50. The molecule has 0 radical (unpaired) electrons. The maximum atomic E-state index is 13.0. The number of nitrogens with one attached hydrogen (secondary N) is 2. The van der Waals surface area contributed by atoms with Gasteiger partial charge in [0.15, 0.2) is 0 Å². The van der Waals surface area contributed by atoms with Gasteiger partial charge in [0, 0.05) is 42.5 Å². The molecule has 2 aromatic heterocycles. The first-order valence-corrected chi connectivity index (χ1v) is 18.8. The second-order valence-electron chi connectivity index (χ2n) is 16.5. The molecule has 8 rings (SSSR count). The van der Waals surface area contributed by atoms with Gasteiger partial charge in [0.1, 0.15) is 22.9 Å². The van der Waals surface area contributed by atoms with E-state index in [1.807, 2.05) is 53.9 Å². The Labute approximate surface area is 311 Å². The highest BCUT2D eigenvalue weighted by atomic mass is 16.6. The normalized spacial score (nSPS) is 18.7. The molecular weight excluding hydrogens is 665 g/mol. The van der Waals surface area contributed by atoms with Crippen LogP contribution in [0.15, 0.2) is 79.1 Å². The summed E-state index contributed by atoms with van der Waals surface area (Å²) in [4.78, 5) is 46.5. The molecular formula is C43H48N6O4. The van der Waals surface area contributed by atoms with Gasteiger partial charge in [0.25, 0.3) is 0 Å². The monoisotopic (exact) mass is 712 g/mol. The number of hydrogen-bond acceptors (Lipinski definition) is 6. The van der Waals surface area contributed by atoms with Crippen LogP contribution < -0.4 is 0 Å². The summed E-state index contributed by atoms with van der Waals surface area (Å²) in [5.74, 6) is 1.58. The summed E-state index contributed by atoms with van der Waals surface area (Å²) in [5, 5.41) is 0. The highest BCUT2D eigenvalue weighted by Gasteiger charge is 2.37. The van der Waals surface area contributed by atoms with Crippen molar-refractivity contribution in [2.75, 3.05) is 13.1 Å². The van der Waals surface area contributed by atoms with E-state index in [4.69, 9.17) is 19.4 Å². The molecule has 2 fully saturated rings. The fraction of sp³-hybridized carbons (Fsp3) is 0.395. The van der Waals surface area contributed by atoms with E-state index in [1.54, 1.807) is 9.80 Å². The molecule has 4 heterocycles. The number of fused-ring (bicyclic) bond motifs is 3. The van der Waals surface area contributed by atoms with Crippen molar-refractivity contribution in [3.63, 3.8) is 0 Å². The van der Waals surface area contributed by atoms with Crippen LogP contribution in [0.3, 0.4) is 0 Å². The van der Waals surface area contributed by atoms with Gasteiger partial charge in [-0.05, 0) is 107 Å². The number of amides is 2. The van der Waals surface area contributed by atoms with Gasteiger partial charge in [0.05, 0.1) is 23.5 Å². The number of carbonyl (C=O) groups is 2. The fourth-order valence-corrected chi connectivity index (χ4v) is 8.08. The lowest BCUT2D eigenvalue weighted by atomic mass is 9.88. The molecule has 3 aromatic carbocycles. The van der Waals surface area contributed by atoms with Gasteiger partial charge in [0.2, 0.25) is 0 Å². The molecule has 0 unspecified atom stereocenters. The second-order valence-corrected chi connectivity index (χ2v) is 16.5. The highest BCUT2D eigenvalue weighted by molar-refractivity contribution is 5.85. The first kappa shape index (κ1) is 34.7. The largest absolute Gasteiger partial charge is 0.444 e. The van der Waals surface area contributed by atoms with Crippen LogP contribution in [0.1, 0.15) is 114 Å². The second kappa shape index (κ2) is 13.2. The number of carbonyl (C=O) groups excluding carboxylic acids is 2. The third-order valence-corrected chi connectivity index (χ3v) is 10.3. The summed E-state index contributed by atoms with van der Waals surface area (Å²) in [6.45, 7) is 12.7. The van der Waals surface area contributed by atoms with Crippen LogP contribution in [0.4, 0.5) is 9.59 Å². The van der Waals surface area contributed by atoms with E-state index < -0.39 is 11.2 Å². The number of aromatic nitrogens is 4. The molecule has 2 N–H and O–H groups in total. The van der Waals surface area contributed by atoms with E-state index in [-0.39, 0.29) is 30.2 Å². The molecule has 3 aliphatic rings. The number of rotatable bonds is 5. The number of nitrogens with zero attached hydrogens (tertiary/aromatic N) is 4. The Bertz CT molecular complexity index is 2020. The molecule has 2 atom stereocenters. The maximum Gasteiger partial charge on any atom is 0.410 e. The van der Waals surface area contributed by atoms with Crippen LogP contribution in [0.5, 0.6) is 0 Å². The number of benzene rings is 3. The zero-order chi connectivity index (χ0) is 37.1. The molecule has 5 aromatic rings. The van der Waals surface area contributed by atoms with Gasteiger partial charge in [-0.1, -0.05) is 54.6 Å². The van der Waals surface area contributed by atoms with Crippen LogP contribution in [-0.2, 0) is 9.47 Å². The van der Waals surface area contributed by atoms with E-state index in [9.17, 15) is 9.59 Å². The summed E-state index contributed by atoms with van der Waals surface area (Å²) >= 11 is 0. The number of aromatic amines is 2. The van der Waals surface area contributed by atoms with Crippen LogP contribution in [0.2, 0.25) is 0 Å². The minimum Gasteiger partial charge on any atom is -0.444 e. The molecule has 10 heteroatoms. The molecule has 1 aliphatic carbocycles. The third kappa shape index (κ3) is 6.82. The third-order valence-electron chi connectivity index (χ3n) is 10.3. The Kier molecular flexibility index (Phi) is 8.66. The van der Waals surface area contributed by atoms with Crippen LogP contribution in [-0.4, -0.2) is 66.2 Å². The quantitative estimate of drug-likeness (QED) is 0.184. The Morgan fingerprint density at radius 2 is 1.11 bits per heavy atom. The Morgan fingerprint density at radius 3 is 1.55 bits per heavy atom. The number of H-pyrrole nitrogens is 2. The number of likely N-dealkylation sites (tertiary alicyclic amines) is 2. The standard InChI is InChI=1S/C43H48N6O4/c1-42(2,3)52-40(50)48-20-10-14-35(48)38-44-24-33(46-38)27-16-18-29-30-19-17-28(23-32(30)37(31(29)22-27)26-12-8-7-9-13-26)34-25-45-39(47-34)36-15-11-21-49(36)41(51)53-43(4,5)6/h7-9,12-13,16-19,22-25,35-37H,10-11,14-15,20-21H2,1-6H3,(H,44,46)(H,45,47)/t35-,36-/m0/s1. The van der Waals surface area contributed by atoms with E-state index in [0.717, 1.165) is 59.8 Å². The SMILES string of the molecule is CC(C)(C)OC(=O)N1CCC[C@H]1c1nc(-c2ccc3c(c2)C(c2ccccc2)c2cc(-c4c[nH]c([C@@H]5CCCN5C(=O)OC(C)(C)C)n4)ccc2-3)c[nH]1. The molecule has 2 amide bonds. The Hall–Kier alpha value is -5.38. The van der Waals surface area contributed by atoms with Crippen molar-refractivity contribution in [3.05, 3.63) is 107 Å². The zero-order valence-corrected chi connectivity index (χ0v) is 31.4. The predicted octanol–water partition coefficient (Wildman–Crippen LogP) is 9.77. The summed E-state index contributed by atoms with van der Waals surface area (Å²) in [6.07, 6.45) is 6.78. The molecule has 0 saturated carbocycles. The number of imidazole rings is 2. The molecule has 2 aliphatic heterocycles. The summed E-state index contributed by atoms with van der Waals surface area (Å²) in [6, 6.07) is 23.6. The van der Waals surface area contributed by atoms with Crippen molar-refractivity contribution in [2.45, 2.75) is 96.4 Å². The van der Waals surface area contributed by atoms with Gasteiger partial charge >= 0.3 is 12.2 Å². The van der Waals surface area contributed by atoms with Gasteiger partial charge in [-0.25, -0.2) is 19.6 Å².